The molecule has 0 bridgehead atoms. The lowest BCUT2D eigenvalue weighted by Crippen LogP contribution is -2.41. The van der Waals surface area contributed by atoms with Gasteiger partial charge in [0, 0.05) is 30.6 Å². The molecule has 2 rings (SSSR count). The first-order valence-corrected chi connectivity index (χ1v) is 5.98. The van der Waals surface area contributed by atoms with Crippen molar-refractivity contribution in [3.05, 3.63) is 22.4 Å². The van der Waals surface area contributed by atoms with Gasteiger partial charge in [-0.2, -0.15) is 0 Å². The van der Waals surface area contributed by atoms with Crippen molar-refractivity contribution < 1.29 is 10.2 Å². The van der Waals surface area contributed by atoms with E-state index in [-0.39, 0.29) is 6.04 Å². The van der Waals surface area contributed by atoms with Gasteiger partial charge in [-0.1, -0.05) is 6.07 Å². The van der Waals surface area contributed by atoms with Crippen LogP contribution in [0.15, 0.2) is 17.5 Å². The maximum atomic E-state index is 9.56. The molecule has 3 atom stereocenters. The van der Waals surface area contributed by atoms with Crippen molar-refractivity contribution in [3.8, 4) is 0 Å². The van der Waals surface area contributed by atoms with E-state index in [1.807, 2.05) is 11.4 Å². The number of aliphatic hydroxyl groups is 2. The zero-order chi connectivity index (χ0) is 10.7. The smallest absolute Gasteiger partial charge is 0.0976 e. The number of nitrogens with one attached hydrogen (secondary N) is 2. The molecule has 0 spiro atoms. The average molecular weight is 228 g/mol. The topological polar surface area (TPSA) is 64.5 Å². The first-order chi connectivity index (χ1) is 7.27. The van der Waals surface area contributed by atoms with Crippen molar-refractivity contribution in [2.45, 2.75) is 24.8 Å². The highest BCUT2D eigenvalue weighted by atomic mass is 32.1. The van der Waals surface area contributed by atoms with Crippen LogP contribution < -0.4 is 10.6 Å². The Hall–Kier alpha value is -0.460. The lowest BCUT2D eigenvalue weighted by atomic mass is 10.1. The fourth-order valence-corrected chi connectivity index (χ4v) is 2.41. The monoisotopic (exact) mass is 228 g/mol. The lowest BCUT2D eigenvalue weighted by Gasteiger charge is -2.16. The van der Waals surface area contributed by atoms with E-state index in [4.69, 9.17) is 0 Å². The van der Waals surface area contributed by atoms with Crippen molar-refractivity contribution in [2.24, 2.45) is 0 Å². The van der Waals surface area contributed by atoms with E-state index in [0.717, 1.165) is 6.54 Å². The summed E-state index contributed by atoms with van der Waals surface area (Å²) in [6.07, 6.45) is -1.28. The quantitative estimate of drug-likeness (QED) is 0.563. The van der Waals surface area contributed by atoms with Crippen LogP contribution in [0.4, 0.5) is 0 Å². The molecule has 0 amide bonds. The van der Waals surface area contributed by atoms with E-state index in [9.17, 15) is 10.2 Å². The Morgan fingerprint density at radius 1 is 1.53 bits per heavy atom. The third kappa shape index (κ3) is 2.76. The van der Waals surface area contributed by atoms with Gasteiger partial charge in [-0.15, -0.1) is 11.3 Å². The van der Waals surface area contributed by atoms with Crippen molar-refractivity contribution in [2.75, 3.05) is 13.1 Å². The maximum absolute atomic E-state index is 9.56. The molecule has 0 aliphatic carbocycles. The molecule has 1 fully saturated rings. The van der Waals surface area contributed by atoms with Gasteiger partial charge in [0.2, 0.25) is 0 Å². The fourth-order valence-electron chi connectivity index (χ4n) is 1.74. The summed E-state index contributed by atoms with van der Waals surface area (Å²) in [4.78, 5) is 1.28. The lowest BCUT2D eigenvalue weighted by molar-refractivity contribution is 0.0407. The zero-order valence-corrected chi connectivity index (χ0v) is 9.20. The summed E-state index contributed by atoms with van der Waals surface area (Å²) in [5.41, 5.74) is 0. The number of aliphatic hydroxyl groups excluding tert-OH is 2. The number of hydrogen-bond acceptors (Lipinski definition) is 5. The van der Waals surface area contributed by atoms with Gasteiger partial charge < -0.3 is 20.8 Å². The first kappa shape index (κ1) is 11.0. The summed E-state index contributed by atoms with van der Waals surface area (Å²) in [5.74, 6) is 0. The molecule has 0 saturated carbocycles. The van der Waals surface area contributed by atoms with Crippen LogP contribution in [-0.4, -0.2) is 41.6 Å². The predicted molar refractivity (Wildman–Crippen MR) is 59.8 cm³/mol. The van der Waals surface area contributed by atoms with Gasteiger partial charge in [-0.3, -0.25) is 0 Å². The average Bonchev–Trinajstić information content (AvgIpc) is 2.83. The second kappa shape index (κ2) is 5.05. The molecule has 1 saturated heterocycles. The Morgan fingerprint density at radius 3 is 3.00 bits per heavy atom. The molecule has 1 aliphatic heterocycles. The maximum Gasteiger partial charge on any atom is 0.0976 e. The number of thiophene rings is 1. The first-order valence-electron chi connectivity index (χ1n) is 5.10. The van der Waals surface area contributed by atoms with Crippen LogP contribution in [0, 0.1) is 0 Å². The Morgan fingerprint density at radius 2 is 2.40 bits per heavy atom. The Balaban J connectivity index is 1.70. The molecule has 4 N–H and O–H groups in total. The van der Waals surface area contributed by atoms with E-state index in [2.05, 4.69) is 16.7 Å². The van der Waals surface area contributed by atoms with Crippen LogP contribution in [0.5, 0.6) is 0 Å². The molecule has 84 valence electrons. The van der Waals surface area contributed by atoms with Gasteiger partial charge in [-0.25, -0.2) is 0 Å². The van der Waals surface area contributed by atoms with Crippen LogP contribution in [-0.2, 0) is 6.54 Å². The van der Waals surface area contributed by atoms with E-state index in [1.165, 1.54) is 4.88 Å². The van der Waals surface area contributed by atoms with Crippen LogP contribution >= 0.6 is 11.3 Å². The molecule has 1 aromatic rings. The summed E-state index contributed by atoms with van der Waals surface area (Å²) < 4.78 is 0. The minimum Gasteiger partial charge on any atom is -0.389 e. The SMILES string of the molecule is O[C@@H]1[C@H](CNCc2cccs2)NC[C@@H]1O. The minimum atomic E-state index is -0.652. The summed E-state index contributed by atoms with van der Waals surface area (Å²) in [6, 6.07) is 4.05. The van der Waals surface area contributed by atoms with Crippen LogP contribution in [0.25, 0.3) is 0 Å². The van der Waals surface area contributed by atoms with E-state index in [0.29, 0.717) is 13.1 Å². The summed E-state index contributed by atoms with van der Waals surface area (Å²) >= 11 is 1.71. The molecule has 1 aromatic heterocycles. The molecular formula is C10H16N2O2S. The third-order valence-electron chi connectivity index (χ3n) is 2.64. The highest BCUT2D eigenvalue weighted by Crippen LogP contribution is 2.09. The van der Waals surface area contributed by atoms with Crippen LogP contribution in [0.2, 0.25) is 0 Å². The molecule has 0 radical (unpaired) electrons. The van der Waals surface area contributed by atoms with Crippen LogP contribution in [0.3, 0.4) is 0 Å². The van der Waals surface area contributed by atoms with E-state index < -0.39 is 12.2 Å². The van der Waals surface area contributed by atoms with Gasteiger partial charge in [0.1, 0.15) is 0 Å². The third-order valence-corrected chi connectivity index (χ3v) is 3.52. The molecule has 15 heavy (non-hydrogen) atoms. The van der Waals surface area contributed by atoms with Crippen LogP contribution in [0.1, 0.15) is 4.88 Å². The van der Waals surface area contributed by atoms with Gasteiger partial charge in [0.25, 0.3) is 0 Å². The predicted octanol–water partition coefficient (Wildman–Crippen LogP) is -0.469. The van der Waals surface area contributed by atoms with Crippen molar-refractivity contribution in [1.29, 1.82) is 0 Å². The Kier molecular flexibility index (Phi) is 3.71. The van der Waals surface area contributed by atoms with E-state index in [1.54, 1.807) is 11.3 Å². The highest BCUT2D eigenvalue weighted by molar-refractivity contribution is 7.09. The van der Waals surface area contributed by atoms with E-state index >= 15 is 0 Å². The largest absolute Gasteiger partial charge is 0.389 e. The molecule has 1 aliphatic rings. The summed E-state index contributed by atoms with van der Waals surface area (Å²) in [5, 5.41) is 27.3. The van der Waals surface area contributed by atoms with Gasteiger partial charge in [0.05, 0.1) is 12.2 Å². The Labute approximate surface area is 92.9 Å². The molecule has 5 heteroatoms. The normalized spacial score (nSPS) is 30.9. The number of β-amino-alcohol motifs (C(OH)–C–C–N with tert-alkyl or cyclic N) is 1. The van der Waals surface area contributed by atoms with Gasteiger partial charge >= 0.3 is 0 Å². The zero-order valence-electron chi connectivity index (χ0n) is 8.39. The summed E-state index contributed by atoms with van der Waals surface area (Å²) in [7, 11) is 0. The molecule has 0 aromatic carbocycles. The highest BCUT2D eigenvalue weighted by Gasteiger charge is 2.32. The standard InChI is InChI=1S/C10H16N2O2S/c13-9-6-12-8(10(9)14)5-11-4-7-2-1-3-15-7/h1-3,8-14H,4-6H2/t8-,9-,10+/m0/s1. The van der Waals surface area contributed by atoms with Crippen molar-refractivity contribution in [3.63, 3.8) is 0 Å². The second-order valence-corrected chi connectivity index (χ2v) is 4.82. The molecular weight excluding hydrogens is 212 g/mol. The van der Waals surface area contributed by atoms with Gasteiger partial charge in [0.15, 0.2) is 0 Å². The molecule has 4 nitrogen and oxygen atoms in total. The van der Waals surface area contributed by atoms with Gasteiger partial charge in [-0.05, 0) is 11.4 Å². The van der Waals surface area contributed by atoms with Crippen molar-refractivity contribution >= 4 is 11.3 Å². The second-order valence-electron chi connectivity index (χ2n) is 3.78. The summed E-state index contributed by atoms with van der Waals surface area (Å²) in [6.45, 7) is 1.97. The number of rotatable bonds is 4. The number of hydrogen-bond donors (Lipinski definition) is 4. The molecule has 0 unspecified atom stereocenters. The van der Waals surface area contributed by atoms with Crippen molar-refractivity contribution in [1.82, 2.24) is 10.6 Å². The minimum absolute atomic E-state index is 0.0417. The molecule has 2 heterocycles. The Bertz CT molecular complexity index is 292. The fraction of sp³-hybridized carbons (Fsp3) is 0.600.